The van der Waals surface area contributed by atoms with Gasteiger partial charge < -0.3 is 4.57 Å². The molecule has 0 bridgehead atoms. The molecule has 0 atom stereocenters. The van der Waals surface area contributed by atoms with Gasteiger partial charge in [0.2, 0.25) is 0 Å². The molecule has 156 valence electrons. The lowest BCUT2D eigenvalue weighted by Crippen LogP contribution is -2.32. The highest BCUT2D eigenvalue weighted by molar-refractivity contribution is 7.22. The molecular formula is C22H22ClFN4OS. The Bertz CT molecular complexity index is 1160. The zero-order chi connectivity index (χ0) is 20.4. The number of thiazole rings is 1. The van der Waals surface area contributed by atoms with Gasteiger partial charge in [0.15, 0.2) is 5.13 Å². The highest BCUT2D eigenvalue weighted by Crippen LogP contribution is 2.33. The lowest BCUT2D eigenvalue weighted by Gasteiger charge is -2.20. The average molecular weight is 445 g/mol. The predicted octanol–water partition coefficient (Wildman–Crippen LogP) is 5.41. The summed E-state index contributed by atoms with van der Waals surface area (Å²) in [5.74, 6) is -0.673. The Morgan fingerprint density at radius 1 is 1.23 bits per heavy atom. The van der Waals surface area contributed by atoms with Crippen LogP contribution in [-0.2, 0) is 6.54 Å². The Balaban J connectivity index is 0.00000256. The Labute approximate surface area is 184 Å². The summed E-state index contributed by atoms with van der Waals surface area (Å²) in [7, 11) is 0. The number of aryl methyl sites for hydroxylation is 3. The van der Waals surface area contributed by atoms with Crippen LogP contribution in [0.15, 0.2) is 55.1 Å². The van der Waals surface area contributed by atoms with Crippen molar-refractivity contribution in [2.45, 2.75) is 26.8 Å². The smallest absolute Gasteiger partial charge is 0.260 e. The third kappa shape index (κ3) is 4.68. The number of carbonyl (C=O) groups is 1. The molecule has 4 rings (SSSR count). The maximum Gasteiger partial charge on any atom is 0.260 e. The van der Waals surface area contributed by atoms with Gasteiger partial charge in [-0.3, -0.25) is 9.69 Å². The molecule has 1 amide bonds. The van der Waals surface area contributed by atoms with E-state index >= 15 is 0 Å². The van der Waals surface area contributed by atoms with Crippen molar-refractivity contribution in [3.63, 3.8) is 0 Å². The average Bonchev–Trinajstić information content (AvgIpc) is 3.34. The molecule has 4 aromatic rings. The maximum absolute atomic E-state index is 13.7. The monoisotopic (exact) mass is 444 g/mol. The molecule has 0 N–H and O–H groups in total. The lowest BCUT2D eigenvalue weighted by molar-refractivity contribution is 0.0986. The third-order valence-electron chi connectivity index (χ3n) is 4.71. The number of hydrogen-bond donors (Lipinski definition) is 0. The molecule has 0 unspecified atom stereocenters. The molecule has 0 saturated carbocycles. The fourth-order valence-corrected chi connectivity index (χ4v) is 4.41. The van der Waals surface area contributed by atoms with Gasteiger partial charge in [-0.25, -0.2) is 14.4 Å². The SMILES string of the molecule is Cc1cc(C)c2sc(N(CCCn3ccnc3)C(=O)c3cccc(F)c3)nc2c1.Cl. The fraction of sp³-hybridized carbons (Fsp3) is 0.227. The summed E-state index contributed by atoms with van der Waals surface area (Å²) in [6.07, 6.45) is 6.10. The van der Waals surface area contributed by atoms with Crippen LogP contribution in [0.1, 0.15) is 27.9 Å². The Morgan fingerprint density at radius 2 is 2.07 bits per heavy atom. The first-order valence-corrected chi connectivity index (χ1v) is 10.2. The summed E-state index contributed by atoms with van der Waals surface area (Å²) in [5.41, 5.74) is 3.48. The van der Waals surface area contributed by atoms with E-state index in [2.05, 4.69) is 18.0 Å². The van der Waals surface area contributed by atoms with Crippen LogP contribution in [0.4, 0.5) is 9.52 Å². The summed E-state index contributed by atoms with van der Waals surface area (Å²) in [4.78, 5) is 23.7. The van der Waals surface area contributed by atoms with Crippen molar-refractivity contribution in [2.24, 2.45) is 0 Å². The van der Waals surface area contributed by atoms with E-state index in [4.69, 9.17) is 4.98 Å². The van der Waals surface area contributed by atoms with Gasteiger partial charge in [0, 0.05) is 31.0 Å². The number of rotatable bonds is 6. The van der Waals surface area contributed by atoms with E-state index in [1.807, 2.05) is 23.8 Å². The minimum absolute atomic E-state index is 0. The standard InChI is InChI=1S/C22H21FN4OS.ClH/c1-15-11-16(2)20-19(12-15)25-22(29-20)27(9-4-8-26-10-7-24-14-26)21(28)17-5-3-6-18(23)13-17;/h3,5-7,10-14H,4,8-9H2,1-2H3;1H. The van der Waals surface area contributed by atoms with Crippen LogP contribution < -0.4 is 4.90 Å². The van der Waals surface area contributed by atoms with Crippen LogP contribution in [0.3, 0.4) is 0 Å². The third-order valence-corrected chi connectivity index (χ3v) is 5.94. The first-order chi connectivity index (χ1) is 14.0. The van der Waals surface area contributed by atoms with E-state index in [1.54, 1.807) is 29.6 Å². The quantitative estimate of drug-likeness (QED) is 0.399. The molecular weight excluding hydrogens is 423 g/mol. The molecule has 0 aliphatic heterocycles. The van der Waals surface area contributed by atoms with Crippen LogP contribution >= 0.6 is 23.7 Å². The lowest BCUT2D eigenvalue weighted by atomic mass is 10.1. The first kappa shape index (κ1) is 21.9. The Kier molecular flexibility index (Phi) is 6.84. The number of benzene rings is 2. The summed E-state index contributed by atoms with van der Waals surface area (Å²) < 4.78 is 16.7. The molecule has 0 saturated heterocycles. The zero-order valence-corrected chi connectivity index (χ0v) is 18.3. The van der Waals surface area contributed by atoms with Crippen molar-refractivity contribution in [1.29, 1.82) is 0 Å². The Morgan fingerprint density at radius 3 is 2.80 bits per heavy atom. The predicted molar refractivity (Wildman–Crippen MR) is 121 cm³/mol. The second-order valence-corrected chi connectivity index (χ2v) is 8.03. The number of hydrogen-bond acceptors (Lipinski definition) is 4. The normalized spacial score (nSPS) is 10.8. The number of imidazole rings is 1. The molecule has 2 heterocycles. The molecule has 0 aliphatic rings. The second-order valence-electron chi connectivity index (χ2n) is 7.05. The molecule has 0 radical (unpaired) electrons. The molecule has 8 heteroatoms. The van der Waals surface area contributed by atoms with Crippen molar-refractivity contribution in [3.8, 4) is 0 Å². The van der Waals surface area contributed by atoms with Crippen molar-refractivity contribution < 1.29 is 9.18 Å². The van der Waals surface area contributed by atoms with Crippen LogP contribution in [0.5, 0.6) is 0 Å². The molecule has 30 heavy (non-hydrogen) atoms. The van der Waals surface area contributed by atoms with Crippen molar-refractivity contribution in [1.82, 2.24) is 14.5 Å². The van der Waals surface area contributed by atoms with Gasteiger partial charge in [-0.15, -0.1) is 12.4 Å². The number of aromatic nitrogens is 3. The number of anilines is 1. The van der Waals surface area contributed by atoms with E-state index in [-0.39, 0.29) is 18.3 Å². The summed E-state index contributed by atoms with van der Waals surface area (Å²) in [6.45, 7) is 5.29. The number of carbonyl (C=O) groups excluding carboxylic acids is 1. The van der Waals surface area contributed by atoms with Crippen LogP contribution in [0, 0.1) is 19.7 Å². The summed E-state index contributed by atoms with van der Waals surface area (Å²) >= 11 is 1.50. The molecule has 0 spiro atoms. The molecule has 2 aromatic heterocycles. The van der Waals surface area contributed by atoms with Gasteiger partial charge in [0.05, 0.1) is 16.5 Å². The van der Waals surface area contributed by atoms with E-state index in [1.165, 1.54) is 23.5 Å². The van der Waals surface area contributed by atoms with E-state index in [0.717, 1.165) is 34.3 Å². The van der Waals surface area contributed by atoms with Gasteiger partial charge in [0.25, 0.3) is 5.91 Å². The van der Waals surface area contributed by atoms with Crippen LogP contribution in [0.2, 0.25) is 0 Å². The van der Waals surface area contributed by atoms with Gasteiger partial charge in [-0.05, 0) is 55.7 Å². The van der Waals surface area contributed by atoms with E-state index < -0.39 is 5.82 Å². The second kappa shape index (κ2) is 9.36. The highest BCUT2D eigenvalue weighted by atomic mass is 35.5. The number of halogens is 2. The van der Waals surface area contributed by atoms with Crippen molar-refractivity contribution in [2.75, 3.05) is 11.4 Å². The molecule has 0 aliphatic carbocycles. The molecule has 2 aromatic carbocycles. The van der Waals surface area contributed by atoms with Crippen LogP contribution in [0.25, 0.3) is 10.2 Å². The van der Waals surface area contributed by atoms with Gasteiger partial charge in [-0.1, -0.05) is 23.5 Å². The number of nitrogens with zero attached hydrogens (tertiary/aromatic N) is 4. The number of fused-ring (bicyclic) bond motifs is 1. The van der Waals surface area contributed by atoms with Gasteiger partial charge >= 0.3 is 0 Å². The van der Waals surface area contributed by atoms with Crippen LogP contribution in [-0.4, -0.2) is 27.0 Å². The molecule has 0 fully saturated rings. The van der Waals surface area contributed by atoms with Crippen molar-refractivity contribution in [3.05, 3.63) is 77.6 Å². The zero-order valence-electron chi connectivity index (χ0n) is 16.7. The minimum atomic E-state index is -0.426. The first-order valence-electron chi connectivity index (χ1n) is 9.42. The number of amides is 1. The highest BCUT2D eigenvalue weighted by Gasteiger charge is 2.22. The Hall–Kier alpha value is -2.77. The summed E-state index contributed by atoms with van der Waals surface area (Å²) in [5, 5.41) is 0.633. The van der Waals surface area contributed by atoms with Gasteiger partial charge in [0.1, 0.15) is 5.82 Å². The molecule has 5 nitrogen and oxygen atoms in total. The minimum Gasteiger partial charge on any atom is -0.337 e. The van der Waals surface area contributed by atoms with Crippen molar-refractivity contribution >= 4 is 45.0 Å². The van der Waals surface area contributed by atoms with Gasteiger partial charge in [-0.2, -0.15) is 0 Å². The van der Waals surface area contributed by atoms with E-state index in [9.17, 15) is 9.18 Å². The largest absolute Gasteiger partial charge is 0.337 e. The summed E-state index contributed by atoms with van der Waals surface area (Å²) in [6, 6.07) is 9.94. The topological polar surface area (TPSA) is 51.0 Å². The fourth-order valence-electron chi connectivity index (χ4n) is 3.37. The van der Waals surface area contributed by atoms with E-state index in [0.29, 0.717) is 17.2 Å². The maximum atomic E-state index is 13.7.